The van der Waals surface area contributed by atoms with Crippen LogP contribution in [0.3, 0.4) is 0 Å². The third kappa shape index (κ3) is 3.35. The molecule has 2 unspecified atom stereocenters. The van der Waals surface area contributed by atoms with E-state index in [1.54, 1.807) is 0 Å². The SMILES string of the molecule is CCCn1cccc1CNCC1CCCC1C. The van der Waals surface area contributed by atoms with Crippen LogP contribution in [-0.4, -0.2) is 11.1 Å². The fourth-order valence-corrected chi connectivity index (χ4v) is 2.98. The van der Waals surface area contributed by atoms with Gasteiger partial charge in [-0.15, -0.1) is 0 Å². The van der Waals surface area contributed by atoms with Crippen molar-refractivity contribution >= 4 is 0 Å². The number of aryl methyl sites for hydroxylation is 1. The van der Waals surface area contributed by atoms with Gasteiger partial charge in [-0.2, -0.15) is 0 Å². The Bertz CT molecular complexity index is 329. The zero-order chi connectivity index (χ0) is 12.1. The maximum atomic E-state index is 3.64. The molecule has 0 aliphatic heterocycles. The monoisotopic (exact) mass is 234 g/mol. The van der Waals surface area contributed by atoms with E-state index in [0.29, 0.717) is 0 Å². The number of nitrogens with zero attached hydrogens (tertiary/aromatic N) is 1. The first-order valence-electron chi connectivity index (χ1n) is 7.16. The maximum Gasteiger partial charge on any atom is 0.0359 e. The lowest BCUT2D eigenvalue weighted by atomic mass is 9.98. The zero-order valence-corrected chi connectivity index (χ0v) is 11.3. The zero-order valence-electron chi connectivity index (χ0n) is 11.3. The predicted octanol–water partition coefficient (Wildman–Crippen LogP) is 3.42. The van der Waals surface area contributed by atoms with Crippen LogP contribution in [0.4, 0.5) is 0 Å². The summed E-state index contributed by atoms with van der Waals surface area (Å²) in [6, 6.07) is 4.39. The van der Waals surface area contributed by atoms with Crippen LogP contribution in [0, 0.1) is 11.8 Å². The first-order valence-corrected chi connectivity index (χ1v) is 7.16. The maximum absolute atomic E-state index is 3.64. The van der Waals surface area contributed by atoms with Crippen molar-refractivity contribution in [2.24, 2.45) is 11.8 Å². The lowest BCUT2D eigenvalue weighted by Crippen LogP contribution is -2.25. The highest BCUT2D eigenvalue weighted by atomic mass is 15.0. The van der Waals surface area contributed by atoms with Crippen LogP contribution in [0.25, 0.3) is 0 Å². The van der Waals surface area contributed by atoms with Crippen LogP contribution in [-0.2, 0) is 13.1 Å². The van der Waals surface area contributed by atoms with Gasteiger partial charge in [0.2, 0.25) is 0 Å². The molecule has 1 fully saturated rings. The van der Waals surface area contributed by atoms with Gasteiger partial charge in [-0.05, 0) is 43.4 Å². The first kappa shape index (κ1) is 12.7. The van der Waals surface area contributed by atoms with Gasteiger partial charge in [0.25, 0.3) is 0 Å². The summed E-state index contributed by atoms with van der Waals surface area (Å²) >= 11 is 0. The molecule has 1 aromatic rings. The van der Waals surface area contributed by atoms with Gasteiger partial charge in [0.05, 0.1) is 0 Å². The average Bonchev–Trinajstić information content (AvgIpc) is 2.90. The minimum Gasteiger partial charge on any atom is -0.350 e. The van der Waals surface area contributed by atoms with Gasteiger partial charge in [0.15, 0.2) is 0 Å². The van der Waals surface area contributed by atoms with E-state index >= 15 is 0 Å². The van der Waals surface area contributed by atoms with Crippen molar-refractivity contribution in [3.63, 3.8) is 0 Å². The molecule has 2 heteroatoms. The fourth-order valence-electron chi connectivity index (χ4n) is 2.98. The Kier molecular flexibility index (Phi) is 4.66. The molecule has 0 radical (unpaired) electrons. The van der Waals surface area contributed by atoms with Gasteiger partial charge in [-0.3, -0.25) is 0 Å². The fraction of sp³-hybridized carbons (Fsp3) is 0.733. The topological polar surface area (TPSA) is 17.0 Å². The molecule has 1 saturated carbocycles. The molecule has 17 heavy (non-hydrogen) atoms. The number of rotatable bonds is 6. The highest BCUT2D eigenvalue weighted by molar-refractivity contribution is 5.06. The second kappa shape index (κ2) is 6.25. The van der Waals surface area contributed by atoms with Crippen molar-refractivity contribution in [3.8, 4) is 0 Å². The number of hydrogen-bond donors (Lipinski definition) is 1. The normalized spacial score (nSPS) is 24.4. The van der Waals surface area contributed by atoms with Crippen LogP contribution in [0.2, 0.25) is 0 Å². The molecule has 0 spiro atoms. The standard InChI is InChI=1S/C15H26N2/c1-3-9-17-10-5-8-15(17)12-16-11-14-7-4-6-13(14)2/h5,8,10,13-14,16H,3-4,6-7,9,11-12H2,1-2H3. The van der Waals surface area contributed by atoms with Crippen LogP contribution >= 0.6 is 0 Å². The summed E-state index contributed by atoms with van der Waals surface area (Å²) in [6.07, 6.45) is 7.68. The largest absolute Gasteiger partial charge is 0.350 e. The van der Waals surface area contributed by atoms with Crippen LogP contribution in [0.5, 0.6) is 0 Å². The van der Waals surface area contributed by atoms with E-state index in [0.717, 1.165) is 24.9 Å². The number of hydrogen-bond acceptors (Lipinski definition) is 1. The average molecular weight is 234 g/mol. The Morgan fingerprint density at radius 1 is 1.41 bits per heavy atom. The van der Waals surface area contributed by atoms with E-state index in [-0.39, 0.29) is 0 Å². The molecule has 0 saturated heterocycles. The van der Waals surface area contributed by atoms with Crippen molar-refractivity contribution in [1.82, 2.24) is 9.88 Å². The smallest absolute Gasteiger partial charge is 0.0359 e. The van der Waals surface area contributed by atoms with E-state index in [2.05, 4.69) is 42.1 Å². The second-order valence-corrected chi connectivity index (χ2v) is 5.49. The molecule has 1 aliphatic rings. The quantitative estimate of drug-likeness (QED) is 0.798. The van der Waals surface area contributed by atoms with Gasteiger partial charge in [0, 0.05) is 25.0 Å². The van der Waals surface area contributed by atoms with Crippen molar-refractivity contribution in [2.45, 2.75) is 52.6 Å². The van der Waals surface area contributed by atoms with Crippen molar-refractivity contribution in [1.29, 1.82) is 0 Å². The number of nitrogens with one attached hydrogen (secondary N) is 1. The van der Waals surface area contributed by atoms with Crippen LogP contribution in [0.1, 0.15) is 45.2 Å². The summed E-state index contributed by atoms with van der Waals surface area (Å²) in [5.74, 6) is 1.83. The Balaban J connectivity index is 1.75. The summed E-state index contributed by atoms with van der Waals surface area (Å²) < 4.78 is 2.37. The molecule has 1 aliphatic carbocycles. The molecule has 0 amide bonds. The van der Waals surface area contributed by atoms with Crippen LogP contribution in [0.15, 0.2) is 18.3 Å². The molecule has 2 rings (SSSR count). The van der Waals surface area contributed by atoms with Crippen molar-refractivity contribution in [3.05, 3.63) is 24.0 Å². The number of aromatic nitrogens is 1. The van der Waals surface area contributed by atoms with Gasteiger partial charge >= 0.3 is 0 Å². The Morgan fingerprint density at radius 2 is 2.29 bits per heavy atom. The molecule has 1 aromatic heterocycles. The minimum atomic E-state index is 0.907. The van der Waals surface area contributed by atoms with Gasteiger partial charge in [-0.25, -0.2) is 0 Å². The first-order chi connectivity index (χ1) is 8.31. The van der Waals surface area contributed by atoms with E-state index in [1.807, 2.05) is 0 Å². The van der Waals surface area contributed by atoms with Crippen LogP contribution < -0.4 is 5.32 Å². The molecule has 1 heterocycles. The molecule has 2 atom stereocenters. The van der Waals surface area contributed by atoms with E-state index in [9.17, 15) is 0 Å². The van der Waals surface area contributed by atoms with E-state index in [4.69, 9.17) is 0 Å². The molecule has 96 valence electrons. The van der Waals surface area contributed by atoms with Gasteiger partial charge in [-0.1, -0.05) is 26.7 Å². The third-order valence-electron chi connectivity index (χ3n) is 4.14. The highest BCUT2D eigenvalue weighted by Crippen LogP contribution is 2.30. The Labute approximate surface area is 105 Å². The summed E-state index contributed by atoms with van der Waals surface area (Å²) in [7, 11) is 0. The summed E-state index contributed by atoms with van der Waals surface area (Å²) in [5, 5.41) is 3.64. The minimum absolute atomic E-state index is 0.907. The Morgan fingerprint density at radius 3 is 3.00 bits per heavy atom. The highest BCUT2D eigenvalue weighted by Gasteiger charge is 2.22. The summed E-state index contributed by atoms with van der Waals surface area (Å²) in [4.78, 5) is 0. The van der Waals surface area contributed by atoms with E-state index < -0.39 is 0 Å². The van der Waals surface area contributed by atoms with E-state index in [1.165, 1.54) is 37.9 Å². The lowest BCUT2D eigenvalue weighted by Gasteiger charge is -2.16. The van der Waals surface area contributed by atoms with Crippen molar-refractivity contribution < 1.29 is 0 Å². The van der Waals surface area contributed by atoms with Gasteiger partial charge in [0.1, 0.15) is 0 Å². The third-order valence-corrected chi connectivity index (χ3v) is 4.14. The molecule has 1 N–H and O–H groups in total. The molecule has 0 aromatic carbocycles. The molecule has 0 bridgehead atoms. The molecular weight excluding hydrogens is 208 g/mol. The van der Waals surface area contributed by atoms with Gasteiger partial charge < -0.3 is 9.88 Å². The molecule has 2 nitrogen and oxygen atoms in total. The predicted molar refractivity (Wildman–Crippen MR) is 72.9 cm³/mol. The lowest BCUT2D eigenvalue weighted by molar-refractivity contribution is 0.389. The second-order valence-electron chi connectivity index (χ2n) is 5.49. The van der Waals surface area contributed by atoms with Crippen molar-refractivity contribution in [2.75, 3.05) is 6.54 Å². The molecular formula is C15H26N2. The Hall–Kier alpha value is -0.760. The summed E-state index contributed by atoms with van der Waals surface area (Å²) in [6.45, 7) is 8.00. The summed E-state index contributed by atoms with van der Waals surface area (Å²) in [5.41, 5.74) is 1.43.